The van der Waals surface area contributed by atoms with Crippen molar-refractivity contribution in [2.45, 2.75) is 38.3 Å². The number of rotatable bonds is 8. The van der Waals surface area contributed by atoms with E-state index in [0.717, 1.165) is 36.3 Å². The number of ether oxygens (including phenoxy) is 2. The molecule has 1 saturated carbocycles. The van der Waals surface area contributed by atoms with Gasteiger partial charge in [-0.1, -0.05) is 12.1 Å². The highest BCUT2D eigenvalue weighted by molar-refractivity contribution is 5.96. The van der Waals surface area contributed by atoms with Crippen molar-refractivity contribution >= 4 is 23.5 Å². The molecule has 0 spiro atoms. The number of amides is 2. The molecule has 2 fully saturated rings. The summed E-state index contributed by atoms with van der Waals surface area (Å²) in [7, 11) is 1.61. The highest BCUT2D eigenvalue weighted by Crippen LogP contribution is 2.29. The van der Waals surface area contributed by atoms with Gasteiger partial charge in [0.15, 0.2) is 6.61 Å². The first-order valence-corrected chi connectivity index (χ1v) is 10.5. The molecule has 0 bridgehead atoms. The Bertz CT molecular complexity index is 951. The molecule has 1 aliphatic heterocycles. The second-order valence-corrected chi connectivity index (χ2v) is 7.87. The molecule has 2 aromatic carbocycles. The number of nitrogens with zero attached hydrogens (tertiary/aromatic N) is 2. The van der Waals surface area contributed by atoms with E-state index >= 15 is 0 Å². The van der Waals surface area contributed by atoms with E-state index in [1.165, 1.54) is 0 Å². The lowest BCUT2D eigenvalue weighted by Gasteiger charge is -2.22. The van der Waals surface area contributed by atoms with E-state index in [1.807, 2.05) is 24.3 Å². The Morgan fingerprint density at radius 3 is 2.35 bits per heavy atom. The van der Waals surface area contributed by atoms with Gasteiger partial charge in [0.1, 0.15) is 5.75 Å². The van der Waals surface area contributed by atoms with Crippen LogP contribution < -0.4 is 9.64 Å². The lowest BCUT2D eigenvalue weighted by molar-refractivity contribution is -0.135. The van der Waals surface area contributed by atoms with Gasteiger partial charge in [-0.25, -0.2) is 4.79 Å². The Labute approximate surface area is 181 Å². The molecule has 1 heterocycles. The molecule has 2 aliphatic rings. The number of esters is 1. The van der Waals surface area contributed by atoms with Crippen LogP contribution in [0.5, 0.6) is 5.75 Å². The third kappa shape index (κ3) is 5.05. The fourth-order valence-corrected chi connectivity index (χ4v) is 3.73. The smallest absolute Gasteiger partial charge is 0.338 e. The Morgan fingerprint density at radius 1 is 1.06 bits per heavy atom. The molecule has 0 radical (unpaired) electrons. The first-order chi connectivity index (χ1) is 15.0. The maximum atomic E-state index is 12.7. The molecule has 0 unspecified atom stereocenters. The minimum atomic E-state index is -0.548. The summed E-state index contributed by atoms with van der Waals surface area (Å²) in [5.74, 6) is 0.110. The number of carbonyl (C=O) groups excluding carboxylic acids is 3. The van der Waals surface area contributed by atoms with Crippen LogP contribution >= 0.6 is 0 Å². The molecule has 31 heavy (non-hydrogen) atoms. The van der Waals surface area contributed by atoms with Gasteiger partial charge in [-0.05, 0) is 61.2 Å². The van der Waals surface area contributed by atoms with Crippen LogP contribution in [0.15, 0.2) is 48.5 Å². The van der Waals surface area contributed by atoms with E-state index in [-0.39, 0.29) is 24.5 Å². The average Bonchev–Trinajstić information content (AvgIpc) is 3.56. The van der Waals surface area contributed by atoms with E-state index in [4.69, 9.17) is 9.47 Å². The second kappa shape index (κ2) is 9.20. The number of anilines is 1. The Morgan fingerprint density at radius 2 is 1.77 bits per heavy atom. The first-order valence-electron chi connectivity index (χ1n) is 10.5. The van der Waals surface area contributed by atoms with Crippen molar-refractivity contribution in [2.24, 2.45) is 0 Å². The van der Waals surface area contributed by atoms with Crippen LogP contribution in [0, 0.1) is 0 Å². The molecular weight excluding hydrogens is 396 g/mol. The molecule has 7 heteroatoms. The van der Waals surface area contributed by atoms with Crippen LogP contribution in [0.25, 0.3) is 0 Å². The zero-order valence-corrected chi connectivity index (χ0v) is 17.6. The summed E-state index contributed by atoms with van der Waals surface area (Å²) >= 11 is 0. The number of benzene rings is 2. The monoisotopic (exact) mass is 422 g/mol. The molecule has 7 nitrogen and oxygen atoms in total. The third-order valence-electron chi connectivity index (χ3n) is 5.63. The average molecular weight is 422 g/mol. The molecular formula is C24H26N2O5. The molecule has 2 aromatic rings. The number of carbonyl (C=O) groups is 3. The van der Waals surface area contributed by atoms with Crippen LogP contribution in [0.2, 0.25) is 0 Å². The van der Waals surface area contributed by atoms with Gasteiger partial charge in [0.25, 0.3) is 5.91 Å². The molecule has 2 amide bonds. The largest absolute Gasteiger partial charge is 0.497 e. The third-order valence-corrected chi connectivity index (χ3v) is 5.63. The van der Waals surface area contributed by atoms with Crippen molar-refractivity contribution in [2.75, 3.05) is 25.2 Å². The van der Waals surface area contributed by atoms with Crippen LogP contribution in [0.4, 0.5) is 5.69 Å². The predicted molar refractivity (Wildman–Crippen MR) is 115 cm³/mol. The highest BCUT2D eigenvalue weighted by atomic mass is 16.5. The maximum Gasteiger partial charge on any atom is 0.338 e. The fourth-order valence-electron chi connectivity index (χ4n) is 3.73. The number of hydrogen-bond donors (Lipinski definition) is 0. The summed E-state index contributed by atoms with van der Waals surface area (Å²) in [5, 5.41) is 0. The fraction of sp³-hybridized carbons (Fsp3) is 0.375. The predicted octanol–water partition coefficient (Wildman–Crippen LogP) is 3.17. The molecule has 1 aliphatic carbocycles. The van der Waals surface area contributed by atoms with Gasteiger partial charge >= 0.3 is 5.97 Å². The zero-order chi connectivity index (χ0) is 21.8. The Kier molecular flexibility index (Phi) is 6.21. The summed E-state index contributed by atoms with van der Waals surface area (Å²) in [6.45, 7) is 0.879. The summed E-state index contributed by atoms with van der Waals surface area (Å²) < 4.78 is 10.5. The van der Waals surface area contributed by atoms with Gasteiger partial charge in [-0.3, -0.25) is 9.59 Å². The minimum Gasteiger partial charge on any atom is -0.497 e. The van der Waals surface area contributed by atoms with Crippen LogP contribution in [0.1, 0.15) is 41.6 Å². The normalized spacial score (nSPS) is 15.6. The van der Waals surface area contributed by atoms with Crippen molar-refractivity contribution in [1.82, 2.24) is 4.90 Å². The number of methoxy groups -OCH3 is 1. The highest BCUT2D eigenvalue weighted by Gasteiger charge is 2.33. The molecule has 1 saturated heterocycles. The second-order valence-electron chi connectivity index (χ2n) is 7.87. The van der Waals surface area contributed by atoms with E-state index in [9.17, 15) is 14.4 Å². The van der Waals surface area contributed by atoms with E-state index in [2.05, 4.69) is 0 Å². The summed E-state index contributed by atoms with van der Waals surface area (Å²) in [6, 6.07) is 14.5. The molecule has 0 atom stereocenters. The van der Waals surface area contributed by atoms with E-state index in [1.54, 1.807) is 41.2 Å². The van der Waals surface area contributed by atoms with Gasteiger partial charge in [-0.2, -0.15) is 0 Å². The quantitative estimate of drug-likeness (QED) is 0.611. The van der Waals surface area contributed by atoms with Crippen molar-refractivity contribution in [3.05, 3.63) is 59.7 Å². The van der Waals surface area contributed by atoms with Crippen molar-refractivity contribution in [3.8, 4) is 5.75 Å². The van der Waals surface area contributed by atoms with Gasteiger partial charge in [-0.15, -0.1) is 0 Å². The summed E-state index contributed by atoms with van der Waals surface area (Å²) in [5.41, 5.74) is 2.13. The van der Waals surface area contributed by atoms with Gasteiger partial charge < -0.3 is 19.3 Å². The minimum absolute atomic E-state index is 0.0953. The molecule has 4 rings (SSSR count). The van der Waals surface area contributed by atoms with Crippen LogP contribution in [-0.4, -0.2) is 49.0 Å². The Balaban J connectivity index is 1.33. The first kappa shape index (κ1) is 20.9. The van der Waals surface area contributed by atoms with E-state index in [0.29, 0.717) is 25.1 Å². The van der Waals surface area contributed by atoms with Gasteiger partial charge in [0.2, 0.25) is 5.91 Å². The summed E-state index contributed by atoms with van der Waals surface area (Å²) in [4.78, 5) is 40.5. The lowest BCUT2D eigenvalue weighted by atomic mass is 10.2. The SMILES string of the molecule is COc1ccc(CN(C(=O)COC(=O)c2ccc(N3CCCC3=O)cc2)C2CC2)cc1. The maximum absolute atomic E-state index is 12.7. The Hall–Kier alpha value is -3.35. The topological polar surface area (TPSA) is 76.2 Å². The summed E-state index contributed by atoms with van der Waals surface area (Å²) in [6.07, 6.45) is 3.33. The lowest BCUT2D eigenvalue weighted by Crippen LogP contribution is -2.36. The van der Waals surface area contributed by atoms with Crippen LogP contribution in [0.3, 0.4) is 0 Å². The standard InChI is InChI=1S/C24H26N2O5/c1-30-21-12-4-17(5-13-21)15-26(20-10-11-20)23(28)16-31-24(29)18-6-8-19(9-7-18)25-14-2-3-22(25)27/h4-9,12-13,20H,2-3,10-11,14-16H2,1H3. The van der Waals surface area contributed by atoms with E-state index < -0.39 is 5.97 Å². The van der Waals surface area contributed by atoms with Gasteiger partial charge in [0.05, 0.1) is 12.7 Å². The van der Waals surface area contributed by atoms with Crippen LogP contribution in [-0.2, 0) is 20.9 Å². The van der Waals surface area contributed by atoms with Gasteiger partial charge in [0, 0.05) is 31.2 Å². The molecule has 162 valence electrons. The van der Waals surface area contributed by atoms with Crippen molar-refractivity contribution in [3.63, 3.8) is 0 Å². The van der Waals surface area contributed by atoms with Crippen molar-refractivity contribution in [1.29, 1.82) is 0 Å². The molecule has 0 N–H and O–H groups in total. The van der Waals surface area contributed by atoms with Crippen molar-refractivity contribution < 1.29 is 23.9 Å². The number of hydrogen-bond acceptors (Lipinski definition) is 5. The zero-order valence-electron chi connectivity index (χ0n) is 17.6. The molecule has 0 aromatic heterocycles.